The molecule has 0 heterocycles. The van der Waals surface area contributed by atoms with E-state index in [1.807, 2.05) is 13.8 Å². The summed E-state index contributed by atoms with van der Waals surface area (Å²) in [6.07, 6.45) is 0. The summed E-state index contributed by atoms with van der Waals surface area (Å²) >= 11 is 0. The summed E-state index contributed by atoms with van der Waals surface area (Å²) in [7, 11) is 0. The van der Waals surface area contributed by atoms with Gasteiger partial charge in [-0.2, -0.15) is 8.78 Å². The molecule has 1 aromatic carbocycles. The lowest BCUT2D eigenvalue weighted by molar-refractivity contribution is -0.119. The highest BCUT2D eigenvalue weighted by Gasteiger charge is 2.62. The van der Waals surface area contributed by atoms with Gasteiger partial charge in [-0.25, -0.2) is 0 Å². The first-order chi connectivity index (χ1) is 8.35. The molecule has 2 rings (SSSR count). The molecule has 1 aliphatic carbocycles. The summed E-state index contributed by atoms with van der Waals surface area (Å²) in [5, 5.41) is 0. The molecular formula is C13H15F2NO2. The fourth-order valence-electron chi connectivity index (χ4n) is 2.69. The summed E-state index contributed by atoms with van der Waals surface area (Å²) in [5.41, 5.74) is 5.63. The minimum Gasteiger partial charge on any atom is -0.435 e. The Hall–Kier alpha value is -1.65. The number of amides is 1. The molecular weight excluding hydrogens is 240 g/mol. The Morgan fingerprint density at radius 2 is 2.00 bits per heavy atom. The first kappa shape index (κ1) is 12.8. The van der Waals surface area contributed by atoms with Crippen molar-refractivity contribution in [2.75, 3.05) is 0 Å². The van der Waals surface area contributed by atoms with Crippen LogP contribution in [0.5, 0.6) is 5.75 Å². The van der Waals surface area contributed by atoms with Gasteiger partial charge in [0.15, 0.2) is 0 Å². The molecule has 1 aliphatic rings. The number of hydrogen-bond acceptors (Lipinski definition) is 2. The molecule has 0 saturated heterocycles. The largest absolute Gasteiger partial charge is 0.435 e. The molecule has 1 amide bonds. The Kier molecular flexibility index (Phi) is 3.00. The zero-order valence-corrected chi connectivity index (χ0v) is 10.2. The summed E-state index contributed by atoms with van der Waals surface area (Å²) in [6, 6.07) is 6.54. The van der Waals surface area contributed by atoms with E-state index in [-0.39, 0.29) is 23.0 Å². The predicted molar refractivity (Wildman–Crippen MR) is 62.3 cm³/mol. The average molecular weight is 255 g/mol. The lowest BCUT2D eigenvalue weighted by atomic mass is 10.0. The molecule has 5 heteroatoms. The van der Waals surface area contributed by atoms with Gasteiger partial charge in [0.2, 0.25) is 5.91 Å². The molecule has 0 aromatic heterocycles. The van der Waals surface area contributed by atoms with Gasteiger partial charge in [0.25, 0.3) is 0 Å². The van der Waals surface area contributed by atoms with E-state index in [1.54, 1.807) is 18.2 Å². The summed E-state index contributed by atoms with van der Waals surface area (Å²) in [4.78, 5) is 11.3. The quantitative estimate of drug-likeness (QED) is 0.898. The van der Waals surface area contributed by atoms with E-state index in [1.165, 1.54) is 6.07 Å². The maximum atomic E-state index is 12.3. The van der Waals surface area contributed by atoms with Crippen LogP contribution in [0.1, 0.15) is 25.3 Å². The van der Waals surface area contributed by atoms with Crippen LogP contribution in [-0.2, 0) is 4.79 Å². The van der Waals surface area contributed by atoms with Crippen LogP contribution < -0.4 is 10.5 Å². The lowest BCUT2D eigenvalue weighted by Crippen LogP contribution is -2.16. The highest BCUT2D eigenvalue weighted by Crippen LogP contribution is 2.65. The van der Waals surface area contributed by atoms with Gasteiger partial charge in [-0.05, 0) is 17.0 Å². The average Bonchev–Trinajstić information content (AvgIpc) is 2.81. The number of halogens is 2. The number of alkyl halides is 2. The third-order valence-electron chi connectivity index (χ3n) is 3.60. The zero-order valence-electron chi connectivity index (χ0n) is 10.2. The van der Waals surface area contributed by atoms with Gasteiger partial charge in [-0.1, -0.05) is 32.0 Å². The lowest BCUT2D eigenvalue weighted by Gasteiger charge is -2.11. The molecule has 3 nitrogen and oxygen atoms in total. The third kappa shape index (κ3) is 2.05. The maximum Gasteiger partial charge on any atom is 0.387 e. The molecule has 2 N–H and O–H groups in total. The summed E-state index contributed by atoms with van der Waals surface area (Å²) in [6.45, 7) is 0.915. The Balaban J connectivity index is 2.33. The van der Waals surface area contributed by atoms with Crippen molar-refractivity contribution in [3.05, 3.63) is 29.8 Å². The SMILES string of the molecule is CC1(C)C(C(N)=O)C1c1ccccc1OC(F)F. The highest BCUT2D eigenvalue weighted by molar-refractivity contribution is 5.83. The van der Waals surface area contributed by atoms with Crippen molar-refractivity contribution >= 4 is 5.91 Å². The molecule has 1 saturated carbocycles. The van der Waals surface area contributed by atoms with Crippen molar-refractivity contribution in [2.24, 2.45) is 17.1 Å². The second-order valence-corrected chi connectivity index (χ2v) is 5.10. The van der Waals surface area contributed by atoms with Crippen LogP contribution in [0.25, 0.3) is 0 Å². The minimum atomic E-state index is -2.87. The van der Waals surface area contributed by atoms with Gasteiger partial charge in [-0.15, -0.1) is 0 Å². The van der Waals surface area contributed by atoms with E-state index in [9.17, 15) is 13.6 Å². The third-order valence-corrected chi connectivity index (χ3v) is 3.60. The molecule has 0 radical (unpaired) electrons. The topological polar surface area (TPSA) is 52.3 Å². The molecule has 2 atom stereocenters. The number of hydrogen-bond donors (Lipinski definition) is 1. The van der Waals surface area contributed by atoms with Crippen LogP contribution >= 0.6 is 0 Å². The number of nitrogens with two attached hydrogens (primary N) is 1. The van der Waals surface area contributed by atoms with Crippen molar-refractivity contribution in [3.8, 4) is 5.75 Å². The number of benzene rings is 1. The fraction of sp³-hybridized carbons (Fsp3) is 0.462. The predicted octanol–water partition coefficient (Wildman–Crippen LogP) is 2.51. The maximum absolute atomic E-state index is 12.3. The van der Waals surface area contributed by atoms with Crippen molar-refractivity contribution in [1.29, 1.82) is 0 Å². The standard InChI is InChI=1S/C13H15F2NO2/c1-13(2)9(10(13)11(16)17)7-5-3-4-6-8(7)18-12(14)15/h3-6,9-10,12H,1-2H3,(H2,16,17). The number of primary amides is 1. The van der Waals surface area contributed by atoms with Gasteiger partial charge >= 0.3 is 6.61 Å². The smallest absolute Gasteiger partial charge is 0.387 e. The Bertz CT molecular complexity index is 474. The van der Waals surface area contributed by atoms with E-state index in [2.05, 4.69) is 4.74 Å². The Morgan fingerprint density at radius 3 is 2.50 bits per heavy atom. The van der Waals surface area contributed by atoms with Gasteiger partial charge in [0.05, 0.1) is 5.92 Å². The number of ether oxygens (including phenoxy) is 1. The Labute approximate surface area is 104 Å². The van der Waals surface area contributed by atoms with Crippen LogP contribution in [0.2, 0.25) is 0 Å². The normalized spacial score (nSPS) is 24.9. The molecule has 1 aromatic rings. The highest BCUT2D eigenvalue weighted by atomic mass is 19.3. The van der Waals surface area contributed by atoms with Crippen molar-refractivity contribution in [2.45, 2.75) is 26.4 Å². The van der Waals surface area contributed by atoms with Crippen LogP contribution in [-0.4, -0.2) is 12.5 Å². The second kappa shape index (κ2) is 4.23. The monoisotopic (exact) mass is 255 g/mol. The van der Waals surface area contributed by atoms with Gasteiger partial charge in [-0.3, -0.25) is 4.79 Å². The first-order valence-electron chi connectivity index (χ1n) is 5.68. The number of rotatable bonds is 4. The van der Waals surface area contributed by atoms with E-state index in [0.29, 0.717) is 5.56 Å². The number of carbonyl (C=O) groups is 1. The summed E-state index contributed by atoms with van der Waals surface area (Å²) < 4.78 is 29.1. The molecule has 0 spiro atoms. The number of carbonyl (C=O) groups excluding carboxylic acids is 1. The van der Waals surface area contributed by atoms with Crippen LogP contribution in [0, 0.1) is 11.3 Å². The van der Waals surface area contributed by atoms with Crippen LogP contribution in [0.3, 0.4) is 0 Å². The first-order valence-corrected chi connectivity index (χ1v) is 5.68. The van der Waals surface area contributed by atoms with E-state index >= 15 is 0 Å². The molecule has 1 fully saturated rings. The zero-order chi connectivity index (χ0) is 13.5. The van der Waals surface area contributed by atoms with Crippen LogP contribution in [0.4, 0.5) is 8.78 Å². The van der Waals surface area contributed by atoms with Crippen molar-refractivity contribution in [3.63, 3.8) is 0 Å². The van der Waals surface area contributed by atoms with E-state index in [0.717, 1.165) is 0 Å². The van der Waals surface area contributed by atoms with Gasteiger partial charge < -0.3 is 10.5 Å². The summed E-state index contributed by atoms with van der Waals surface area (Å²) in [5.74, 6) is -0.781. The molecule has 18 heavy (non-hydrogen) atoms. The second-order valence-electron chi connectivity index (χ2n) is 5.10. The number of para-hydroxylation sites is 1. The van der Waals surface area contributed by atoms with Crippen molar-refractivity contribution in [1.82, 2.24) is 0 Å². The fourth-order valence-corrected chi connectivity index (χ4v) is 2.69. The molecule has 0 aliphatic heterocycles. The Morgan fingerprint density at radius 1 is 1.39 bits per heavy atom. The van der Waals surface area contributed by atoms with Crippen molar-refractivity contribution < 1.29 is 18.3 Å². The van der Waals surface area contributed by atoms with Gasteiger partial charge in [0, 0.05) is 5.92 Å². The molecule has 2 unspecified atom stereocenters. The van der Waals surface area contributed by atoms with Crippen LogP contribution in [0.15, 0.2) is 24.3 Å². The van der Waals surface area contributed by atoms with E-state index in [4.69, 9.17) is 5.73 Å². The van der Waals surface area contributed by atoms with E-state index < -0.39 is 12.5 Å². The van der Waals surface area contributed by atoms with Gasteiger partial charge in [0.1, 0.15) is 5.75 Å². The molecule has 0 bridgehead atoms. The molecule has 98 valence electrons. The minimum absolute atomic E-state index is 0.120.